The molecule has 1 fully saturated rings. The summed E-state index contributed by atoms with van der Waals surface area (Å²) in [4.78, 5) is 7.21. The van der Waals surface area contributed by atoms with E-state index in [0.29, 0.717) is 6.54 Å². The number of aliphatic imine (C=N–C) groups is 1. The molecule has 1 aliphatic rings. The molecule has 1 saturated heterocycles. The number of hydrogen-bond donors (Lipinski definition) is 3. The Labute approximate surface area is 187 Å². The Morgan fingerprint density at radius 2 is 1.61 bits per heavy atom. The molecule has 2 aromatic carbocycles. The Bertz CT molecular complexity index is 808. The molecule has 0 bridgehead atoms. The van der Waals surface area contributed by atoms with Crippen molar-refractivity contribution >= 4 is 5.96 Å². The first-order chi connectivity index (χ1) is 15.1. The Kier molecular flexibility index (Phi) is 8.92. The molecule has 1 unspecified atom stereocenters. The highest BCUT2D eigenvalue weighted by atomic mass is 16.3. The third-order valence-corrected chi connectivity index (χ3v) is 5.99. The topological polar surface area (TPSA) is 59.9 Å². The number of guanidine groups is 1. The third-order valence-electron chi connectivity index (χ3n) is 5.99. The lowest BCUT2D eigenvalue weighted by Gasteiger charge is -2.29. The van der Waals surface area contributed by atoms with Gasteiger partial charge in [-0.25, -0.2) is 4.99 Å². The molecule has 1 atom stereocenters. The Balaban J connectivity index is 1.55. The summed E-state index contributed by atoms with van der Waals surface area (Å²) in [5, 5.41) is 16.5. The average molecular weight is 423 g/mol. The fourth-order valence-electron chi connectivity index (χ4n) is 3.91. The molecule has 0 spiro atoms. The van der Waals surface area contributed by atoms with Gasteiger partial charge < -0.3 is 15.7 Å². The fraction of sp³-hybridized carbons (Fsp3) is 0.500. The first-order valence-electron chi connectivity index (χ1n) is 11.7. The van der Waals surface area contributed by atoms with Crippen molar-refractivity contribution in [3.05, 3.63) is 70.8 Å². The smallest absolute Gasteiger partial charge is 0.192 e. The first-order valence-corrected chi connectivity index (χ1v) is 11.7. The largest absolute Gasteiger partial charge is 0.393 e. The van der Waals surface area contributed by atoms with Gasteiger partial charge in [0.05, 0.1) is 18.7 Å². The highest BCUT2D eigenvalue weighted by molar-refractivity contribution is 5.80. The summed E-state index contributed by atoms with van der Waals surface area (Å²) in [7, 11) is 0. The summed E-state index contributed by atoms with van der Waals surface area (Å²) in [6.07, 6.45) is 2.71. The van der Waals surface area contributed by atoms with Crippen LogP contribution in [0.3, 0.4) is 0 Å². The van der Waals surface area contributed by atoms with Crippen molar-refractivity contribution < 1.29 is 5.11 Å². The van der Waals surface area contributed by atoms with Gasteiger partial charge in [-0.3, -0.25) is 4.90 Å². The number of aliphatic hydroxyl groups is 1. The van der Waals surface area contributed by atoms with Crippen LogP contribution in [0.15, 0.2) is 53.5 Å². The zero-order chi connectivity index (χ0) is 22.1. The molecular formula is C26H38N4O. The number of nitrogens with zero attached hydrogens (tertiary/aromatic N) is 2. The van der Waals surface area contributed by atoms with E-state index in [0.717, 1.165) is 51.4 Å². The van der Waals surface area contributed by atoms with Crippen LogP contribution in [-0.2, 0) is 19.5 Å². The van der Waals surface area contributed by atoms with Crippen molar-refractivity contribution in [3.8, 4) is 0 Å². The Hall–Kier alpha value is -2.37. The van der Waals surface area contributed by atoms with E-state index in [2.05, 4.69) is 84.8 Å². The number of piperidine rings is 1. The SMILES string of the molecule is CCNC(=NCc1ccc(CN2CCC(O)CC2)cc1)NC(C)c1ccc(CC)cc1. The lowest BCUT2D eigenvalue weighted by Crippen LogP contribution is -2.38. The van der Waals surface area contributed by atoms with Crippen LogP contribution in [-0.4, -0.2) is 41.7 Å². The van der Waals surface area contributed by atoms with Gasteiger partial charge in [-0.2, -0.15) is 0 Å². The summed E-state index contributed by atoms with van der Waals surface area (Å²) in [6.45, 7) is 10.8. The zero-order valence-electron chi connectivity index (χ0n) is 19.3. The van der Waals surface area contributed by atoms with Crippen LogP contribution in [0.5, 0.6) is 0 Å². The molecule has 168 valence electrons. The summed E-state index contributed by atoms with van der Waals surface area (Å²) in [6, 6.07) is 17.7. The molecule has 1 heterocycles. The summed E-state index contributed by atoms with van der Waals surface area (Å²) in [5.41, 5.74) is 5.14. The second-order valence-corrected chi connectivity index (χ2v) is 8.48. The van der Waals surface area contributed by atoms with Crippen LogP contribution in [0.2, 0.25) is 0 Å². The van der Waals surface area contributed by atoms with Gasteiger partial charge in [0.15, 0.2) is 5.96 Å². The predicted molar refractivity (Wildman–Crippen MR) is 129 cm³/mol. The van der Waals surface area contributed by atoms with Crippen molar-refractivity contribution in [2.24, 2.45) is 4.99 Å². The lowest BCUT2D eigenvalue weighted by atomic mass is 10.1. The number of hydrogen-bond acceptors (Lipinski definition) is 3. The van der Waals surface area contributed by atoms with E-state index in [1.54, 1.807) is 0 Å². The first kappa shape index (κ1) is 23.3. The maximum Gasteiger partial charge on any atom is 0.192 e. The summed E-state index contributed by atoms with van der Waals surface area (Å²) in [5.74, 6) is 0.838. The standard InChI is InChI=1S/C26H38N4O/c1-4-21-10-12-24(13-11-21)20(3)29-26(27-5-2)28-18-22-6-8-23(9-7-22)19-30-16-14-25(31)15-17-30/h6-13,20,25,31H,4-5,14-19H2,1-3H3,(H2,27,28,29). The van der Waals surface area contributed by atoms with Crippen LogP contribution in [0.4, 0.5) is 0 Å². The molecule has 5 nitrogen and oxygen atoms in total. The number of aryl methyl sites for hydroxylation is 1. The van der Waals surface area contributed by atoms with Crippen LogP contribution in [0, 0.1) is 0 Å². The van der Waals surface area contributed by atoms with E-state index < -0.39 is 0 Å². The van der Waals surface area contributed by atoms with E-state index in [4.69, 9.17) is 4.99 Å². The highest BCUT2D eigenvalue weighted by Gasteiger charge is 2.16. The maximum atomic E-state index is 9.66. The van der Waals surface area contributed by atoms with Gasteiger partial charge >= 0.3 is 0 Å². The molecule has 3 rings (SSSR count). The lowest BCUT2D eigenvalue weighted by molar-refractivity contribution is 0.0792. The van der Waals surface area contributed by atoms with Gasteiger partial charge in [0.25, 0.3) is 0 Å². The number of nitrogens with one attached hydrogen (secondary N) is 2. The number of rotatable bonds is 8. The van der Waals surface area contributed by atoms with E-state index >= 15 is 0 Å². The van der Waals surface area contributed by atoms with Gasteiger partial charge in [0, 0.05) is 26.2 Å². The van der Waals surface area contributed by atoms with Gasteiger partial charge in [-0.15, -0.1) is 0 Å². The van der Waals surface area contributed by atoms with Crippen LogP contribution in [0.1, 0.15) is 61.9 Å². The molecule has 5 heteroatoms. The summed E-state index contributed by atoms with van der Waals surface area (Å²) >= 11 is 0. The van der Waals surface area contributed by atoms with Gasteiger partial charge in [-0.05, 0) is 55.4 Å². The second kappa shape index (κ2) is 11.9. The molecule has 0 radical (unpaired) electrons. The molecule has 0 aromatic heterocycles. The van der Waals surface area contributed by atoms with Crippen molar-refractivity contribution in [1.29, 1.82) is 0 Å². The van der Waals surface area contributed by atoms with Gasteiger partial charge in [0.2, 0.25) is 0 Å². The third kappa shape index (κ3) is 7.37. The molecule has 31 heavy (non-hydrogen) atoms. The fourth-order valence-corrected chi connectivity index (χ4v) is 3.91. The minimum Gasteiger partial charge on any atom is -0.393 e. The molecule has 3 N–H and O–H groups in total. The minimum atomic E-state index is -0.116. The minimum absolute atomic E-state index is 0.116. The van der Waals surface area contributed by atoms with Crippen molar-refractivity contribution in [2.75, 3.05) is 19.6 Å². The quantitative estimate of drug-likeness (QED) is 0.444. The van der Waals surface area contributed by atoms with Crippen LogP contribution < -0.4 is 10.6 Å². The van der Waals surface area contributed by atoms with Gasteiger partial charge in [-0.1, -0.05) is 55.5 Å². The monoisotopic (exact) mass is 422 g/mol. The van der Waals surface area contributed by atoms with Crippen molar-refractivity contribution in [1.82, 2.24) is 15.5 Å². The van der Waals surface area contributed by atoms with Crippen LogP contribution >= 0.6 is 0 Å². The maximum absolute atomic E-state index is 9.66. The summed E-state index contributed by atoms with van der Waals surface area (Å²) < 4.78 is 0. The average Bonchev–Trinajstić information content (AvgIpc) is 2.80. The molecule has 1 aliphatic heterocycles. The number of likely N-dealkylation sites (tertiary alicyclic amines) is 1. The zero-order valence-corrected chi connectivity index (χ0v) is 19.3. The second-order valence-electron chi connectivity index (χ2n) is 8.48. The van der Waals surface area contributed by atoms with E-state index in [9.17, 15) is 5.11 Å². The number of benzene rings is 2. The van der Waals surface area contributed by atoms with E-state index in [-0.39, 0.29) is 12.1 Å². The van der Waals surface area contributed by atoms with Gasteiger partial charge in [0.1, 0.15) is 0 Å². The van der Waals surface area contributed by atoms with E-state index in [1.807, 2.05) is 0 Å². The molecular weight excluding hydrogens is 384 g/mol. The van der Waals surface area contributed by atoms with Crippen LogP contribution in [0.25, 0.3) is 0 Å². The molecule has 2 aromatic rings. The van der Waals surface area contributed by atoms with E-state index in [1.165, 1.54) is 22.3 Å². The predicted octanol–water partition coefficient (Wildman–Crippen LogP) is 4.02. The van der Waals surface area contributed by atoms with Crippen molar-refractivity contribution in [3.63, 3.8) is 0 Å². The highest BCUT2D eigenvalue weighted by Crippen LogP contribution is 2.15. The molecule has 0 aliphatic carbocycles. The Morgan fingerprint density at radius 1 is 1.00 bits per heavy atom. The Morgan fingerprint density at radius 3 is 2.23 bits per heavy atom. The van der Waals surface area contributed by atoms with Crippen molar-refractivity contribution in [2.45, 2.75) is 65.3 Å². The normalized spacial score (nSPS) is 16.8. The molecule has 0 amide bonds. The number of aliphatic hydroxyl groups excluding tert-OH is 1. The molecule has 0 saturated carbocycles.